The van der Waals surface area contributed by atoms with Crippen LogP contribution in [0.3, 0.4) is 0 Å². The molecule has 1 aromatic heterocycles. The molecule has 0 aliphatic heterocycles. The molecule has 0 aliphatic carbocycles. The highest BCUT2D eigenvalue weighted by atomic mass is 35.5. The summed E-state index contributed by atoms with van der Waals surface area (Å²) in [6, 6.07) is 6.60. The Morgan fingerprint density at radius 3 is 2.90 bits per heavy atom. The first-order valence-electron chi connectivity index (χ1n) is 6.26. The number of aromatic nitrogens is 2. The van der Waals surface area contributed by atoms with Crippen LogP contribution in [-0.4, -0.2) is 15.7 Å². The number of nitrogens with zero attached hydrogens (tertiary/aromatic N) is 2. The lowest BCUT2D eigenvalue weighted by Crippen LogP contribution is -2.10. The van der Waals surface area contributed by atoms with E-state index in [1.165, 1.54) is 6.07 Å². The van der Waals surface area contributed by atoms with Crippen molar-refractivity contribution in [3.8, 4) is 0 Å². The number of nitrogen functional groups attached to an aromatic ring is 1. The summed E-state index contributed by atoms with van der Waals surface area (Å²) in [7, 11) is 0. The molecule has 0 saturated carbocycles. The summed E-state index contributed by atoms with van der Waals surface area (Å²) < 4.78 is 7.06. The number of esters is 1. The highest BCUT2D eigenvalue weighted by molar-refractivity contribution is 6.33. The summed E-state index contributed by atoms with van der Waals surface area (Å²) in [4.78, 5) is 12.0. The molecule has 1 aromatic carbocycles. The van der Waals surface area contributed by atoms with Crippen LogP contribution in [0.15, 0.2) is 24.3 Å². The van der Waals surface area contributed by atoms with Crippen molar-refractivity contribution >= 4 is 23.3 Å². The van der Waals surface area contributed by atoms with Gasteiger partial charge in [0, 0.05) is 12.2 Å². The molecule has 0 fully saturated rings. The zero-order valence-electron chi connectivity index (χ0n) is 11.4. The maximum absolute atomic E-state index is 12.0. The normalized spacial score (nSPS) is 10.6. The maximum Gasteiger partial charge on any atom is 0.340 e. The number of halogens is 1. The third kappa shape index (κ3) is 3.11. The molecular weight excluding hydrogens is 278 g/mol. The van der Waals surface area contributed by atoms with Gasteiger partial charge in [-0.3, -0.25) is 4.68 Å². The first kappa shape index (κ1) is 14.4. The summed E-state index contributed by atoms with van der Waals surface area (Å²) in [6.07, 6.45) is 0. The highest BCUT2D eigenvalue weighted by Crippen LogP contribution is 2.20. The Bertz CT molecular complexity index is 637. The largest absolute Gasteiger partial charge is 0.456 e. The van der Waals surface area contributed by atoms with Crippen LogP contribution in [0.5, 0.6) is 0 Å². The molecule has 0 bridgehead atoms. The lowest BCUT2D eigenvalue weighted by atomic mass is 10.2. The van der Waals surface area contributed by atoms with Gasteiger partial charge in [-0.1, -0.05) is 11.6 Å². The van der Waals surface area contributed by atoms with E-state index in [-0.39, 0.29) is 12.2 Å². The van der Waals surface area contributed by atoms with E-state index in [2.05, 4.69) is 5.10 Å². The van der Waals surface area contributed by atoms with Gasteiger partial charge in [-0.25, -0.2) is 4.79 Å². The molecule has 2 N–H and O–H groups in total. The fourth-order valence-electron chi connectivity index (χ4n) is 1.91. The molecule has 20 heavy (non-hydrogen) atoms. The molecular formula is C14H16ClN3O2. The second-order valence-corrected chi connectivity index (χ2v) is 4.82. The van der Waals surface area contributed by atoms with E-state index in [0.29, 0.717) is 10.7 Å². The molecule has 2 rings (SSSR count). The SMILES string of the molecule is CCn1nc(C)cc1COC(=O)c1cc(N)ccc1Cl. The van der Waals surface area contributed by atoms with Crippen LogP contribution in [-0.2, 0) is 17.9 Å². The zero-order valence-corrected chi connectivity index (χ0v) is 12.1. The van der Waals surface area contributed by atoms with Gasteiger partial charge in [-0.2, -0.15) is 5.10 Å². The van der Waals surface area contributed by atoms with Gasteiger partial charge >= 0.3 is 5.97 Å². The summed E-state index contributed by atoms with van der Waals surface area (Å²) in [5, 5.41) is 4.61. The lowest BCUT2D eigenvalue weighted by molar-refractivity contribution is 0.0462. The van der Waals surface area contributed by atoms with Crippen molar-refractivity contribution in [1.82, 2.24) is 9.78 Å². The number of aryl methyl sites for hydroxylation is 2. The van der Waals surface area contributed by atoms with E-state index in [0.717, 1.165) is 17.9 Å². The van der Waals surface area contributed by atoms with Crippen molar-refractivity contribution in [2.75, 3.05) is 5.73 Å². The number of ether oxygens (including phenoxy) is 1. The van der Waals surface area contributed by atoms with Crippen molar-refractivity contribution < 1.29 is 9.53 Å². The van der Waals surface area contributed by atoms with Crippen molar-refractivity contribution in [3.63, 3.8) is 0 Å². The molecule has 0 atom stereocenters. The Hall–Kier alpha value is -2.01. The van der Waals surface area contributed by atoms with Gasteiger partial charge in [-0.05, 0) is 38.1 Å². The number of carbonyl (C=O) groups is 1. The Morgan fingerprint density at radius 1 is 1.45 bits per heavy atom. The minimum atomic E-state index is -0.496. The molecule has 2 aromatic rings. The van der Waals surface area contributed by atoms with Crippen LogP contribution < -0.4 is 5.73 Å². The van der Waals surface area contributed by atoms with E-state index in [9.17, 15) is 4.79 Å². The van der Waals surface area contributed by atoms with Crippen molar-refractivity contribution in [2.45, 2.75) is 27.0 Å². The predicted octanol–water partition coefficient (Wildman–Crippen LogP) is 2.80. The number of carbonyl (C=O) groups excluding carboxylic acids is 1. The van der Waals surface area contributed by atoms with Crippen molar-refractivity contribution in [1.29, 1.82) is 0 Å². The van der Waals surface area contributed by atoms with Crippen LogP contribution in [0.25, 0.3) is 0 Å². The number of benzene rings is 1. The van der Waals surface area contributed by atoms with E-state index in [1.54, 1.807) is 16.8 Å². The second kappa shape index (κ2) is 5.96. The van der Waals surface area contributed by atoms with Crippen molar-refractivity contribution in [2.24, 2.45) is 0 Å². The Morgan fingerprint density at radius 2 is 2.20 bits per heavy atom. The minimum Gasteiger partial charge on any atom is -0.456 e. The summed E-state index contributed by atoms with van der Waals surface area (Å²) >= 11 is 5.96. The summed E-state index contributed by atoms with van der Waals surface area (Å²) in [5.74, 6) is -0.496. The van der Waals surface area contributed by atoms with Crippen LogP contribution >= 0.6 is 11.6 Å². The van der Waals surface area contributed by atoms with E-state index < -0.39 is 5.97 Å². The van der Waals surface area contributed by atoms with Crippen LogP contribution in [0, 0.1) is 6.92 Å². The lowest BCUT2D eigenvalue weighted by Gasteiger charge is -2.08. The third-order valence-electron chi connectivity index (χ3n) is 2.85. The summed E-state index contributed by atoms with van der Waals surface area (Å²) in [5.41, 5.74) is 8.11. The molecule has 5 nitrogen and oxygen atoms in total. The first-order valence-corrected chi connectivity index (χ1v) is 6.64. The average Bonchev–Trinajstić information content (AvgIpc) is 2.79. The van der Waals surface area contributed by atoms with Gasteiger partial charge in [0.15, 0.2) is 0 Å². The molecule has 0 amide bonds. The quantitative estimate of drug-likeness (QED) is 0.695. The number of nitrogens with two attached hydrogens (primary N) is 1. The fraction of sp³-hybridized carbons (Fsp3) is 0.286. The van der Waals surface area contributed by atoms with Crippen LogP contribution in [0.2, 0.25) is 5.02 Å². The Balaban J connectivity index is 2.10. The first-order chi connectivity index (χ1) is 9.51. The van der Waals surface area contributed by atoms with Gasteiger partial charge in [0.1, 0.15) is 6.61 Å². The average molecular weight is 294 g/mol. The topological polar surface area (TPSA) is 70.1 Å². The van der Waals surface area contributed by atoms with E-state index in [1.807, 2.05) is 19.9 Å². The third-order valence-corrected chi connectivity index (χ3v) is 3.18. The van der Waals surface area contributed by atoms with E-state index in [4.69, 9.17) is 22.1 Å². The smallest absolute Gasteiger partial charge is 0.340 e. The van der Waals surface area contributed by atoms with Gasteiger partial charge in [0.2, 0.25) is 0 Å². The minimum absolute atomic E-state index is 0.151. The highest BCUT2D eigenvalue weighted by Gasteiger charge is 2.14. The standard InChI is InChI=1S/C14H16ClN3O2/c1-3-18-11(6-9(2)17-18)8-20-14(19)12-7-10(16)4-5-13(12)15/h4-7H,3,8,16H2,1-2H3. The zero-order chi connectivity index (χ0) is 14.7. The van der Waals surface area contributed by atoms with Gasteiger partial charge in [0.25, 0.3) is 0 Å². The van der Waals surface area contributed by atoms with Crippen LogP contribution in [0.4, 0.5) is 5.69 Å². The Kier molecular flexibility index (Phi) is 4.29. The maximum atomic E-state index is 12.0. The number of anilines is 1. The van der Waals surface area contributed by atoms with Gasteiger partial charge in [0.05, 0.1) is 22.0 Å². The van der Waals surface area contributed by atoms with Gasteiger partial charge < -0.3 is 10.5 Å². The monoisotopic (exact) mass is 293 g/mol. The van der Waals surface area contributed by atoms with E-state index >= 15 is 0 Å². The molecule has 0 aliphatic rings. The number of rotatable bonds is 4. The molecule has 0 unspecified atom stereocenters. The number of hydrogen-bond acceptors (Lipinski definition) is 4. The predicted molar refractivity (Wildman–Crippen MR) is 77.6 cm³/mol. The van der Waals surface area contributed by atoms with Crippen molar-refractivity contribution in [3.05, 3.63) is 46.2 Å². The Labute approximate surface area is 122 Å². The molecule has 1 heterocycles. The molecule has 0 spiro atoms. The van der Waals surface area contributed by atoms with Crippen LogP contribution in [0.1, 0.15) is 28.7 Å². The number of hydrogen-bond donors (Lipinski definition) is 1. The fourth-order valence-corrected chi connectivity index (χ4v) is 2.10. The molecule has 0 saturated heterocycles. The molecule has 6 heteroatoms. The van der Waals surface area contributed by atoms with Gasteiger partial charge in [-0.15, -0.1) is 0 Å². The molecule has 106 valence electrons. The molecule has 0 radical (unpaired) electrons. The summed E-state index contributed by atoms with van der Waals surface area (Å²) in [6.45, 7) is 4.75. The second-order valence-electron chi connectivity index (χ2n) is 4.41.